The predicted molar refractivity (Wildman–Crippen MR) is 81.1 cm³/mol. The molecule has 0 fully saturated rings. The molecule has 3 nitrogen and oxygen atoms in total. The maximum atomic E-state index is 13.9. The highest BCUT2D eigenvalue weighted by molar-refractivity contribution is 5.92. The van der Waals surface area contributed by atoms with E-state index in [1.807, 2.05) is 6.07 Å². The molecule has 2 rings (SSSR count). The van der Waals surface area contributed by atoms with E-state index in [0.717, 1.165) is 29.7 Å². The summed E-state index contributed by atoms with van der Waals surface area (Å²) in [6, 6.07) is 5.19. The standard InChI is InChI=1S/C16H21FN2O/c1-5-6-18-14-9-13(10(2)3)19-15-8-12(17)16(20-4)7-11(14)15/h7-10H,5-6H2,1-4H3,(H,18,19). The molecule has 4 heteroatoms. The minimum atomic E-state index is -0.380. The van der Waals surface area contributed by atoms with Crippen LogP contribution in [-0.2, 0) is 0 Å². The number of pyridine rings is 1. The molecule has 0 unspecified atom stereocenters. The molecule has 0 aliphatic heterocycles. The first-order valence-electron chi connectivity index (χ1n) is 6.98. The van der Waals surface area contributed by atoms with Gasteiger partial charge in [-0.1, -0.05) is 20.8 Å². The van der Waals surface area contributed by atoms with Crippen LogP contribution in [0, 0.1) is 5.82 Å². The van der Waals surface area contributed by atoms with E-state index < -0.39 is 0 Å². The molecule has 0 aliphatic rings. The lowest BCUT2D eigenvalue weighted by Gasteiger charge is -2.14. The Hall–Kier alpha value is -1.84. The summed E-state index contributed by atoms with van der Waals surface area (Å²) in [6.45, 7) is 7.14. The van der Waals surface area contributed by atoms with E-state index in [9.17, 15) is 4.39 Å². The van der Waals surface area contributed by atoms with Crippen molar-refractivity contribution in [2.24, 2.45) is 0 Å². The molecule has 108 valence electrons. The number of hydrogen-bond donors (Lipinski definition) is 1. The summed E-state index contributed by atoms with van der Waals surface area (Å²) in [6.07, 6.45) is 1.03. The monoisotopic (exact) mass is 276 g/mol. The Labute approximate surface area is 119 Å². The van der Waals surface area contributed by atoms with Gasteiger partial charge in [0.05, 0.1) is 12.6 Å². The van der Waals surface area contributed by atoms with E-state index >= 15 is 0 Å². The zero-order valence-electron chi connectivity index (χ0n) is 12.5. The second-order valence-corrected chi connectivity index (χ2v) is 5.18. The summed E-state index contributed by atoms with van der Waals surface area (Å²) in [5.41, 5.74) is 2.60. The second-order valence-electron chi connectivity index (χ2n) is 5.18. The summed E-state index contributed by atoms with van der Waals surface area (Å²) in [5, 5.41) is 4.28. The number of ether oxygens (including phenoxy) is 1. The number of nitrogens with one attached hydrogen (secondary N) is 1. The SMILES string of the molecule is CCCNc1cc(C(C)C)nc2cc(F)c(OC)cc12. The minimum Gasteiger partial charge on any atom is -0.494 e. The summed E-state index contributed by atoms with van der Waals surface area (Å²) >= 11 is 0. The molecule has 0 radical (unpaired) electrons. The third-order valence-corrected chi connectivity index (χ3v) is 3.26. The lowest BCUT2D eigenvalue weighted by atomic mass is 10.1. The van der Waals surface area contributed by atoms with Crippen LogP contribution in [0.3, 0.4) is 0 Å². The van der Waals surface area contributed by atoms with Gasteiger partial charge in [0, 0.05) is 29.4 Å². The highest BCUT2D eigenvalue weighted by atomic mass is 19.1. The summed E-state index contributed by atoms with van der Waals surface area (Å²) < 4.78 is 18.9. The number of benzene rings is 1. The van der Waals surface area contributed by atoms with Gasteiger partial charge in [0.2, 0.25) is 0 Å². The number of methoxy groups -OCH3 is 1. The van der Waals surface area contributed by atoms with Crippen LogP contribution in [0.2, 0.25) is 0 Å². The molecule has 1 heterocycles. The summed E-state index contributed by atoms with van der Waals surface area (Å²) in [4.78, 5) is 4.54. The van der Waals surface area contributed by atoms with Gasteiger partial charge < -0.3 is 10.1 Å². The maximum absolute atomic E-state index is 13.9. The largest absolute Gasteiger partial charge is 0.494 e. The van der Waals surface area contributed by atoms with Crippen LogP contribution in [0.25, 0.3) is 10.9 Å². The van der Waals surface area contributed by atoms with Crippen LogP contribution in [-0.4, -0.2) is 18.6 Å². The first-order valence-corrected chi connectivity index (χ1v) is 6.98. The smallest absolute Gasteiger partial charge is 0.167 e. The number of rotatable bonds is 5. The van der Waals surface area contributed by atoms with Gasteiger partial charge in [-0.25, -0.2) is 4.39 Å². The van der Waals surface area contributed by atoms with Crippen molar-refractivity contribution in [2.45, 2.75) is 33.1 Å². The third-order valence-electron chi connectivity index (χ3n) is 3.26. The van der Waals surface area contributed by atoms with Crippen molar-refractivity contribution in [3.05, 3.63) is 29.7 Å². The number of anilines is 1. The van der Waals surface area contributed by atoms with Gasteiger partial charge >= 0.3 is 0 Å². The molecule has 0 aliphatic carbocycles. The molecular formula is C16H21FN2O. The van der Waals surface area contributed by atoms with Crippen molar-refractivity contribution >= 4 is 16.6 Å². The molecule has 1 N–H and O–H groups in total. The van der Waals surface area contributed by atoms with Gasteiger partial charge in [-0.15, -0.1) is 0 Å². The van der Waals surface area contributed by atoms with E-state index in [1.54, 1.807) is 6.07 Å². The number of halogens is 1. The number of hydrogen-bond acceptors (Lipinski definition) is 3. The fourth-order valence-electron chi connectivity index (χ4n) is 2.11. The Balaban J connectivity index is 2.64. The molecule has 20 heavy (non-hydrogen) atoms. The maximum Gasteiger partial charge on any atom is 0.167 e. The van der Waals surface area contributed by atoms with Gasteiger partial charge in [0.1, 0.15) is 0 Å². The van der Waals surface area contributed by atoms with Crippen molar-refractivity contribution in [1.29, 1.82) is 0 Å². The molecule has 0 amide bonds. The number of aromatic nitrogens is 1. The van der Waals surface area contributed by atoms with Crippen LogP contribution in [0.4, 0.5) is 10.1 Å². The van der Waals surface area contributed by atoms with E-state index in [2.05, 4.69) is 31.1 Å². The van der Waals surface area contributed by atoms with E-state index in [1.165, 1.54) is 13.2 Å². The number of fused-ring (bicyclic) bond motifs is 1. The molecule has 0 saturated carbocycles. The fraction of sp³-hybridized carbons (Fsp3) is 0.438. The third kappa shape index (κ3) is 2.84. The minimum absolute atomic E-state index is 0.246. The van der Waals surface area contributed by atoms with E-state index in [-0.39, 0.29) is 11.6 Å². The first-order chi connectivity index (χ1) is 9.56. The molecule has 1 aromatic carbocycles. The van der Waals surface area contributed by atoms with Gasteiger partial charge in [-0.3, -0.25) is 4.98 Å². The van der Waals surface area contributed by atoms with E-state index in [4.69, 9.17) is 4.74 Å². The molecule has 1 aromatic heterocycles. The topological polar surface area (TPSA) is 34.2 Å². The van der Waals surface area contributed by atoms with Crippen molar-refractivity contribution in [3.63, 3.8) is 0 Å². The number of nitrogens with zero attached hydrogens (tertiary/aromatic N) is 1. The Morgan fingerprint density at radius 1 is 1.30 bits per heavy atom. The summed E-state index contributed by atoms with van der Waals surface area (Å²) in [7, 11) is 1.47. The Kier molecular flexibility index (Phi) is 4.42. The van der Waals surface area contributed by atoms with Crippen molar-refractivity contribution in [2.75, 3.05) is 19.0 Å². The van der Waals surface area contributed by atoms with Crippen LogP contribution >= 0.6 is 0 Å². The Morgan fingerprint density at radius 2 is 2.05 bits per heavy atom. The quantitative estimate of drug-likeness (QED) is 0.882. The van der Waals surface area contributed by atoms with Gasteiger partial charge in [-0.05, 0) is 24.5 Å². The first kappa shape index (κ1) is 14.6. The van der Waals surface area contributed by atoms with Crippen LogP contribution in [0.15, 0.2) is 18.2 Å². The average Bonchev–Trinajstić information content (AvgIpc) is 2.43. The average molecular weight is 276 g/mol. The van der Waals surface area contributed by atoms with Gasteiger partial charge in [0.25, 0.3) is 0 Å². The highest BCUT2D eigenvalue weighted by Gasteiger charge is 2.12. The molecule has 0 atom stereocenters. The molecular weight excluding hydrogens is 255 g/mol. The Morgan fingerprint density at radius 3 is 2.65 bits per heavy atom. The molecule has 0 saturated heterocycles. The van der Waals surface area contributed by atoms with Gasteiger partial charge in [-0.2, -0.15) is 0 Å². The zero-order chi connectivity index (χ0) is 14.7. The normalized spacial score (nSPS) is 11.1. The fourth-order valence-corrected chi connectivity index (χ4v) is 2.11. The predicted octanol–water partition coefficient (Wildman–Crippen LogP) is 4.33. The highest BCUT2D eigenvalue weighted by Crippen LogP contribution is 2.31. The van der Waals surface area contributed by atoms with E-state index in [0.29, 0.717) is 11.4 Å². The molecule has 2 aromatic rings. The van der Waals surface area contributed by atoms with Crippen molar-refractivity contribution in [1.82, 2.24) is 4.98 Å². The lowest BCUT2D eigenvalue weighted by molar-refractivity contribution is 0.387. The second kappa shape index (κ2) is 6.07. The van der Waals surface area contributed by atoms with Crippen LogP contribution in [0.5, 0.6) is 5.75 Å². The van der Waals surface area contributed by atoms with Crippen LogP contribution < -0.4 is 10.1 Å². The van der Waals surface area contributed by atoms with Crippen molar-refractivity contribution < 1.29 is 9.13 Å². The zero-order valence-corrected chi connectivity index (χ0v) is 12.5. The van der Waals surface area contributed by atoms with Crippen molar-refractivity contribution in [3.8, 4) is 5.75 Å². The van der Waals surface area contributed by atoms with Gasteiger partial charge in [0.15, 0.2) is 11.6 Å². The van der Waals surface area contributed by atoms with Crippen LogP contribution in [0.1, 0.15) is 38.8 Å². The Bertz CT molecular complexity index is 611. The lowest BCUT2D eigenvalue weighted by Crippen LogP contribution is -2.04. The molecule has 0 spiro atoms. The molecule has 0 bridgehead atoms. The summed E-state index contributed by atoms with van der Waals surface area (Å²) in [5.74, 6) is 0.165.